The Morgan fingerprint density at radius 1 is 0.893 bits per heavy atom. The molecule has 2 aromatic carbocycles. The Morgan fingerprint density at radius 3 is 1.96 bits per heavy atom. The Kier molecular flexibility index (Phi) is 6.89. The lowest BCUT2D eigenvalue weighted by Crippen LogP contribution is -2.29. The van der Waals surface area contributed by atoms with Crippen LogP contribution in [0.2, 0.25) is 10.0 Å². The zero-order valence-corrected chi connectivity index (χ0v) is 17.4. The van der Waals surface area contributed by atoms with Gasteiger partial charge in [-0.05, 0) is 36.6 Å². The van der Waals surface area contributed by atoms with Crippen molar-refractivity contribution < 1.29 is 4.74 Å². The van der Waals surface area contributed by atoms with Crippen LogP contribution in [0, 0.1) is 5.92 Å². The Labute approximate surface area is 175 Å². The first-order chi connectivity index (χ1) is 13.4. The van der Waals surface area contributed by atoms with E-state index in [-0.39, 0.29) is 6.04 Å². The SMILES string of the molecule is CC(C)C[C@@H](N)COc1cnc(-c2ccc(Cl)cc2)c(-c2ccc(Cl)cc2)n1. The molecule has 0 amide bonds. The molecular weight excluding hydrogens is 393 g/mol. The van der Waals surface area contributed by atoms with Crippen molar-refractivity contribution in [2.24, 2.45) is 11.7 Å². The van der Waals surface area contributed by atoms with E-state index in [1.54, 1.807) is 6.20 Å². The predicted molar refractivity (Wildman–Crippen MR) is 116 cm³/mol. The molecule has 0 saturated carbocycles. The minimum absolute atomic E-state index is 0.0447. The number of hydrogen-bond donors (Lipinski definition) is 1. The van der Waals surface area contributed by atoms with Gasteiger partial charge < -0.3 is 10.5 Å². The maximum absolute atomic E-state index is 6.12. The van der Waals surface area contributed by atoms with Gasteiger partial charge in [0.05, 0.1) is 11.9 Å². The van der Waals surface area contributed by atoms with Crippen molar-refractivity contribution in [3.8, 4) is 28.4 Å². The summed E-state index contributed by atoms with van der Waals surface area (Å²) in [5.74, 6) is 0.962. The Bertz CT molecular complexity index is 912. The normalized spacial score (nSPS) is 12.2. The average Bonchev–Trinajstić information content (AvgIpc) is 2.67. The summed E-state index contributed by atoms with van der Waals surface area (Å²) in [5, 5.41) is 1.33. The zero-order valence-electron chi connectivity index (χ0n) is 15.9. The van der Waals surface area contributed by atoms with Crippen LogP contribution in [0.4, 0.5) is 0 Å². The van der Waals surface area contributed by atoms with Gasteiger partial charge in [0.15, 0.2) is 0 Å². The first-order valence-corrected chi connectivity index (χ1v) is 9.95. The summed E-state index contributed by atoms with van der Waals surface area (Å²) in [5.41, 5.74) is 9.41. The number of benzene rings is 2. The summed E-state index contributed by atoms with van der Waals surface area (Å²) in [4.78, 5) is 9.32. The van der Waals surface area contributed by atoms with Crippen LogP contribution >= 0.6 is 23.2 Å². The highest BCUT2D eigenvalue weighted by molar-refractivity contribution is 6.31. The molecule has 4 nitrogen and oxygen atoms in total. The molecule has 0 aliphatic heterocycles. The van der Waals surface area contributed by atoms with E-state index in [0.29, 0.717) is 34.1 Å². The Balaban J connectivity index is 1.94. The van der Waals surface area contributed by atoms with Gasteiger partial charge in [0, 0.05) is 27.2 Å². The quantitative estimate of drug-likeness (QED) is 0.523. The first-order valence-electron chi connectivity index (χ1n) is 9.19. The molecule has 0 saturated heterocycles. The molecule has 1 aromatic heterocycles. The van der Waals surface area contributed by atoms with Crippen molar-refractivity contribution in [3.63, 3.8) is 0 Å². The molecule has 1 atom stereocenters. The van der Waals surface area contributed by atoms with E-state index in [2.05, 4.69) is 18.8 Å². The van der Waals surface area contributed by atoms with Crippen molar-refractivity contribution in [1.29, 1.82) is 0 Å². The molecule has 2 N–H and O–H groups in total. The van der Waals surface area contributed by atoms with Crippen LogP contribution in [-0.4, -0.2) is 22.6 Å². The largest absolute Gasteiger partial charge is 0.475 e. The second-order valence-electron chi connectivity index (χ2n) is 7.12. The van der Waals surface area contributed by atoms with Gasteiger partial charge in [0.25, 0.3) is 0 Å². The molecule has 0 bridgehead atoms. The fourth-order valence-electron chi connectivity index (χ4n) is 2.94. The van der Waals surface area contributed by atoms with Crippen LogP contribution in [0.15, 0.2) is 54.7 Å². The molecule has 0 aliphatic rings. The standard InChI is InChI=1S/C22H23Cl2N3O/c1-14(2)11-19(25)13-28-20-12-26-21(15-3-7-17(23)8-4-15)22(27-20)16-5-9-18(24)10-6-16/h3-10,12,14,19H,11,13,25H2,1-2H3/t19-/m1/s1. The van der Waals surface area contributed by atoms with Crippen molar-refractivity contribution in [2.45, 2.75) is 26.3 Å². The molecule has 6 heteroatoms. The topological polar surface area (TPSA) is 61.0 Å². The molecular formula is C22H23Cl2N3O. The molecule has 0 fully saturated rings. The van der Waals surface area contributed by atoms with E-state index in [1.165, 1.54) is 0 Å². The van der Waals surface area contributed by atoms with E-state index >= 15 is 0 Å². The molecule has 0 spiro atoms. The van der Waals surface area contributed by atoms with E-state index in [1.807, 2.05) is 48.5 Å². The highest BCUT2D eigenvalue weighted by Crippen LogP contribution is 2.31. The van der Waals surface area contributed by atoms with Gasteiger partial charge in [0.1, 0.15) is 12.3 Å². The fraction of sp³-hybridized carbons (Fsp3) is 0.273. The van der Waals surface area contributed by atoms with Crippen molar-refractivity contribution in [3.05, 3.63) is 64.8 Å². The van der Waals surface area contributed by atoms with Gasteiger partial charge >= 0.3 is 0 Å². The predicted octanol–water partition coefficient (Wildman–Crippen LogP) is 5.87. The molecule has 146 valence electrons. The van der Waals surface area contributed by atoms with Gasteiger partial charge in [0.2, 0.25) is 5.88 Å². The van der Waals surface area contributed by atoms with Gasteiger partial charge in [-0.1, -0.05) is 61.3 Å². The zero-order chi connectivity index (χ0) is 20.1. The third kappa shape index (κ3) is 5.44. The maximum atomic E-state index is 6.12. The van der Waals surface area contributed by atoms with Crippen LogP contribution in [0.3, 0.4) is 0 Å². The number of rotatable bonds is 7. The first kappa shape index (κ1) is 20.6. The minimum atomic E-state index is -0.0447. The van der Waals surface area contributed by atoms with E-state index < -0.39 is 0 Å². The second-order valence-corrected chi connectivity index (χ2v) is 7.99. The third-order valence-electron chi connectivity index (χ3n) is 4.21. The number of hydrogen-bond acceptors (Lipinski definition) is 4. The summed E-state index contributed by atoms with van der Waals surface area (Å²) < 4.78 is 5.82. The summed E-state index contributed by atoms with van der Waals surface area (Å²) >= 11 is 12.1. The van der Waals surface area contributed by atoms with Crippen LogP contribution in [-0.2, 0) is 0 Å². The van der Waals surface area contributed by atoms with Gasteiger partial charge in [-0.3, -0.25) is 0 Å². The molecule has 0 aliphatic carbocycles. The van der Waals surface area contributed by atoms with Crippen LogP contribution in [0.5, 0.6) is 5.88 Å². The monoisotopic (exact) mass is 415 g/mol. The maximum Gasteiger partial charge on any atom is 0.232 e. The van der Waals surface area contributed by atoms with Crippen molar-refractivity contribution in [1.82, 2.24) is 9.97 Å². The van der Waals surface area contributed by atoms with Crippen molar-refractivity contribution in [2.75, 3.05) is 6.61 Å². The number of nitrogens with zero attached hydrogens (tertiary/aromatic N) is 2. The van der Waals surface area contributed by atoms with Gasteiger partial charge in [-0.2, -0.15) is 0 Å². The molecule has 1 heterocycles. The molecule has 0 radical (unpaired) electrons. The molecule has 3 rings (SSSR count). The number of nitrogens with two attached hydrogens (primary N) is 1. The smallest absolute Gasteiger partial charge is 0.232 e. The second kappa shape index (κ2) is 9.37. The Morgan fingerprint density at radius 2 is 1.43 bits per heavy atom. The van der Waals surface area contributed by atoms with Crippen LogP contribution in [0.25, 0.3) is 22.5 Å². The summed E-state index contributed by atoms with van der Waals surface area (Å²) in [7, 11) is 0. The summed E-state index contributed by atoms with van der Waals surface area (Å²) in [6.07, 6.45) is 2.52. The van der Waals surface area contributed by atoms with Crippen LogP contribution in [0.1, 0.15) is 20.3 Å². The summed E-state index contributed by atoms with van der Waals surface area (Å²) in [6, 6.07) is 15.0. The lowest BCUT2D eigenvalue weighted by molar-refractivity contribution is 0.261. The number of ether oxygens (including phenoxy) is 1. The highest BCUT2D eigenvalue weighted by atomic mass is 35.5. The lowest BCUT2D eigenvalue weighted by Gasteiger charge is -2.16. The van der Waals surface area contributed by atoms with Gasteiger partial charge in [-0.15, -0.1) is 0 Å². The van der Waals surface area contributed by atoms with E-state index in [0.717, 1.165) is 23.2 Å². The molecule has 0 unspecified atom stereocenters. The van der Waals surface area contributed by atoms with E-state index in [9.17, 15) is 0 Å². The fourth-order valence-corrected chi connectivity index (χ4v) is 3.19. The third-order valence-corrected chi connectivity index (χ3v) is 4.71. The molecule has 3 aromatic rings. The van der Waals surface area contributed by atoms with Crippen LogP contribution < -0.4 is 10.5 Å². The van der Waals surface area contributed by atoms with Crippen molar-refractivity contribution >= 4 is 23.2 Å². The number of halogens is 2. The average molecular weight is 416 g/mol. The Hall–Kier alpha value is -2.14. The van der Waals surface area contributed by atoms with Gasteiger partial charge in [-0.25, -0.2) is 9.97 Å². The lowest BCUT2D eigenvalue weighted by atomic mass is 10.0. The highest BCUT2D eigenvalue weighted by Gasteiger charge is 2.14. The number of aromatic nitrogens is 2. The minimum Gasteiger partial charge on any atom is -0.475 e. The summed E-state index contributed by atoms with van der Waals surface area (Å²) in [6.45, 7) is 4.67. The van der Waals surface area contributed by atoms with E-state index in [4.69, 9.17) is 38.7 Å². The molecule has 28 heavy (non-hydrogen) atoms.